The molecular formula is C10H12ClN4O3+. The summed E-state index contributed by atoms with van der Waals surface area (Å²) < 4.78 is 1.64. The number of nitrogens with zero attached hydrogens (tertiary/aromatic N) is 3. The molecule has 1 aromatic carbocycles. The topological polar surface area (TPSA) is 91.6 Å². The predicted molar refractivity (Wildman–Crippen MR) is 65.3 cm³/mol. The Hall–Kier alpha value is -2.02. The molecule has 0 spiro atoms. The predicted octanol–water partition coefficient (Wildman–Crippen LogP) is 1.95. The quantitative estimate of drug-likeness (QED) is 0.515. The van der Waals surface area contributed by atoms with E-state index in [4.69, 9.17) is 5.41 Å². The Balaban J connectivity index is 0.00000162. The molecule has 0 amide bonds. The van der Waals surface area contributed by atoms with E-state index in [1.165, 1.54) is 12.1 Å². The molecule has 18 heavy (non-hydrogen) atoms. The average molecular weight is 272 g/mol. The van der Waals surface area contributed by atoms with Crippen LogP contribution in [0.5, 0.6) is 0 Å². The smallest absolute Gasteiger partial charge is 0.285 e. The molecule has 1 N–H and O–H groups in total. The Morgan fingerprint density at radius 2 is 2.11 bits per heavy atom. The van der Waals surface area contributed by atoms with E-state index in [0.29, 0.717) is 19.5 Å². The van der Waals surface area contributed by atoms with Gasteiger partial charge in [-0.1, -0.05) is 16.8 Å². The van der Waals surface area contributed by atoms with E-state index in [0.717, 1.165) is 5.56 Å². The van der Waals surface area contributed by atoms with Gasteiger partial charge in [-0.3, -0.25) is 20.4 Å². The van der Waals surface area contributed by atoms with E-state index in [2.05, 4.69) is 10.1 Å². The first-order valence-electron chi connectivity index (χ1n) is 5.09. The van der Waals surface area contributed by atoms with Crippen molar-refractivity contribution in [3.8, 4) is 0 Å². The molecule has 0 aromatic heterocycles. The lowest BCUT2D eigenvalue weighted by atomic mass is 10.1. The van der Waals surface area contributed by atoms with Gasteiger partial charge < -0.3 is 0 Å². The Labute approximate surface area is 109 Å². The molecule has 1 heterocycles. The highest BCUT2D eigenvalue weighted by Gasteiger charge is 2.20. The minimum absolute atomic E-state index is 0. The first-order valence-corrected chi connectivity index (χ1v) is 5.09. The summed E-state index contributed by atoms with van der Waals surface area (Å²) in [5.74, 6) is 0.133. The summed E-state index contributed by atoms with van der Waals surface area (Å²) in [6, 6.07) is 6.41. The summed E-state index contributed by atoms with van der Waals surface area (Å²) in [7, 11) is 0. The minimum atomic E-state index is -0.422. The fourth-order valence-corrected chi connectivity index (χ4v) is 1.49. The maximum absolute atomic E-state index is 10.5. The Bertz CT molecular complexity index is 486. The monoisotopic (exact) mass is 271 g/mol. The molecule has 0 atom stereocenters. The number of benzene rings is 1. The van der Waals surface area contributed by atoms with Crippen molar-refractivity contribution in [2.75, 3.05) is 13.1 Å². The third kappa shape index (κ3) is 3.49. The number of nitro benzene ring substituents is 1. The van der Waals surface area contributed by atoms with E-state index < -0.39 is 4.92 Å². The number of nitro groups is 1. The van der Waals surface area contributed by atoms with Crippen LogP contribution in [0.2, 0.25) is 0 Å². The van der Waals surface area contributed by atoms with Crippen LogP contribution in [-0.4, -0.2) is 28.6 Å². The van der Waals surface area contributed by atoms with Crippen molar-refractivity contribution < 1.29 is 14.5 Å². The molecule has 0 saturated carbocycles. The lowest BCUT2D eigenvalue weighted by Gasteiger charge is -1.96. The molecule has 2 rings (SSSR count). The first kappa shape index (κ1) is 14.0. The van der Waals surface area contributed by atoms with Crippen LogP contribution in [0.1, 0.15) is 5.56 Å². The molecule has 7 nitrogen and oxygen atoms in total. The van der Waals surface area contributed by atoms with Gasteiger partial charge in [0.25, 0.3) is 11.6 Å². The number of hydrogen-bond acceptors (Lipinski definition) is 5. The highest BCUT2D eigenvalue weighted by Crippen LogP contribution is 2.12. The Kier molecular flexibility index (Phi) is 4.73. The summed E-state index contributed by atoms with van der Waals surface area (Å²) in [5.41, 5.74) is 1.08. The van der Waals surface area contributed by atoms with Gasteiger partial charge in [-0.25, -0.2) is 0 Å². The Morgan fingerprint density at radius 1 is 1.44 bits per heavy atom. The van der Waals surface area contributed by atoms with Gasteiger partial charge in [0.1, 0.15) is 0 Å². The zero-order valence-corrected chi connectivity index (χ0v) is 10.2. The summed E-state index contributed by atoms with van der Waals surface area (Å²) >= 11 is 0. The fraction of sp³-hybridized carbons (Fsp3) is 0.300. The molecule has 0 aliphatic carbocycles. The molecule has 0 radical (unpaired) electrons. The summed E-state index contributed by atoms with van der Waals surface area (Å²) in [6.45, 7) is 1.01. The number of halogens is 1. The van der Waals surface area contributed by atoms with Gasteiger partial charge in [0, 0.05) is 18.6 Å². The Morgan fingerprint density at radius 3 is 2.61 bits per heavy atom. The van der Waals surface area contributed by atoms with Crippen molar-refractivity contribution in [2.45, 2.75) is 6.42 Å². The van der Waals surface area contributed by atoms with Crippen molar-refractivity contribution in [3.05, 3.63) is 39.9 Å². The average Bonchev–Trinajstić information content (AvgIpc) is 2.73. The van der Waals surface area contributed by atoms with Gasteiger partial charge in [-0.05, 0) is 5.56 Å². The second-order valence-corrected chi connectivity index (χ2v) is 3.66. The van der Waals surface area contributed by atoms with E-state index in [-0.39, 0.29) is 24.0 Å². The molecule has 1 aliphatic heterocycles. The normalized spacial score (nSPS) is 13.6. The van der Waals surface area contributed by atoms with E-state index in [1.807, 2.05) is 0 Å². The number of non-ortho nitro benzene ring substituents is 1. The molecule has 8 heteroatoms. The second-order valence-electron chi connectivity index (χ2n) is 3.66. The van der Waals surface area contributed by atoms with E-state index in [1.54, 1.807) is 16.8 Å². The van der Waals surface area contributed by atoms with Crippen molar-refractivity contribution in [1.29, 1.82) is 5.41 Å². The third-order valence-corrected chi connectivity index (χ3v) is 2.40. The van der Waals surface area contributed by atoms with Crippen LogP contribution < -0.4 is 0 Å². The summed E-state index contributed by atoms with van der Waals surface area (Å²) in [6.07, 6.45) is 0.706. The van der Waals surface area contributed by atoms with E-state index >= 15 is 0 Å². The van der Waals surface area contributed by atoms with Gasteiger partial charge >= 0.3 is 0 Å². The van der Waals surface area contributed by atoms with Crippen LogP contribution in [0.15, 0.2) is 29.5 Å². The molecule has 0 saturated heterocycles. The van der Waals surface area contributed by atoms with Crippen molar-refractivity contribution >= 4 is 24.0 Å². The zero-order valence-electron chi connectivity index (χ0n) is 9.41. The molecular weight excluding hydrogens is 260 g/mol. The maximum Gasteiger partial charge on any atom is 0.291 e. The molecule has 1 aromatic rings. The summed E-state index contributed by atoms with van der Waals surface area (Å²) in [5, 5.41) is 21.3. The van der Waals surface area contributed by atoms with E-state index in [9.17, 15) is 10.1 Å². The van der Waals surface area contributed by atoms with Crippen molar-refractivity contribution in [3.63, 3.8) is 0 Å². The largest absolute Gasteiger partial charge is 0.291 e. The van der Waals surface area contributed by atoms with Crippen LogP contribution in [0.4, 0.5) is 5.69 Å². The maximum atomic E-state index is 10.5. The molecule has 96 valence electrons. The van der Waals surface area contributed by atoms with Crippen LogP contribution in [0.25, 0.3) is 0 Å². The summed E-state index contributed by atoms with van der Waals surface area (Å²) in [4.78, 5) is 14.7. The minimum Gasteiger partial charge on any atom is -0.285 e. The third-order valence-electron chi connectivity index (χ3n) is 2.40. The molecule has 1 aliphatic rings. The van der Waals surface area contributed by atoms with Gasteiger partial charge in [0.2, 0.25) is 6.54 Å². The van der Waals surface area contributed by atoms with Crippen molar-refractivity contribution in [1.82, 2.24) is 0 Å². The SMILES string of the molecule is Cl.N=C1C[N+](CCc2ccc([N+](=O)[O-])cc2)=NO1. The van der Waals surface area contributed by atoms with Crippen LogP contribution in [0, 0.1) is 15.5 Å². The molecule has 0 fully saturated rings. The molecule has 0 bridgehead atoms. The highest BCUT2D eigenvalue weighted by atomic mass is 35.5. The second kappa shape index (κ2) is 6.06. The van der Waals surface area contributed by atoms with Gasteiger partial charge in [-0.15, -0.1) is 12.4 Å². The van der Waals surface area contributed by atoms with Crippen molar-refractivity contribution in [2.24, 2.45) is 5.28 Å². The number of rotatable bonds is 4. The standard InChI is InChI=1S/C10H11N4O3.ClH/c11-10-7-13(12-17-10)6-5-8-1-3-9(4-2-8)14(15)16;/h1-4,11H,5-7H2;1H/q+1;. The first-order chi connectivity index (χ1) is 8.15. The number of hydrogen-bond donors (Lipinski definition) is 1. The van der Waals surface area contributed by atoms with Gasteiger partial charge in [-0.2, -0.15) is 0 Å². The zero-order chi connectivity index (χ0) is 12.3. The van der Waals surface area contributed by atoms with Crippen LogP contribution in [0.3, 0.4) is 0 Å². The number of nitrogens with one attached hydrogen (secondary N) is 1. The van der Waals surface area contributed by atoms with Gasteiger partial charge in [0.15, 0.2) is 11.8 Å². The van der Waals surface area contributed by atoms with Crippen LogP contribution in [-0.2, 0) is 11.3 Å². The highest BCUT2D eigenvalue weighted by molar-refractivity contribution is 5.85. The molecule has 0 unspecified atom stereocenters. The lowest BCUT2D eigenvalue weighted by molar-refractivity contribution is -0.585. The fourth-order valence-electron chi connectivity index (χ4n) is 1.49. The lowest BCUT2D eigenvalue weighted by Crippen LogP contribution is -2.14. The van der Waals surface area contributed by atoms with Gasteiger partial charge in [0.05, 0.1) is 4.92 Å². The van der Waals surface area contributed by atoms with Crippen LogP contribution >= 0.6 is 12.4 Å².